The molecule has 2 heterocycles. The van der Waals surface area contributed by atoms with Gasteiger partial charge in [0, 0.05) is 31.0 Å². The van der Waals surface area contributed by atoms with Gasteiger partial charge in [-0.15, -0.1) is 0 Å². The lowest BCUT2D eigenvalue weighted by Gasteiger charge is -2.29. The number of rotatable bonds is 3. The number of nitrogens with zero attached hydrogens (tertiary/aromatic N) is 2. The highest BCUT2D eigenvalue weighted by molar-refractivity contribution is 8.14. The van der Waals surface area contributed by atoms with Gasteiger partial charge in [0.15, 0.2) is 0 Å². The number of ether oxygens (including phenoxy) is 2. The van der Waals surface area contributed by atoms with Gasteiger partial charge in [-0.25, -0.2) is 4.68 Å². The second-order valence-electron chi connectivity index (χ2n) is 6.22. The van der Waals surface area contributed by atoms with Gasteiger partial charge in [0.2, 0.25) is 11.0 Å². The molecule has 0 aliphatic carbocycles. The number of hydrogen-bond donors (Lipinski definition) is 1. The summed E-state index contributed by atoms with van der Waals surface area (Å²) in [7, 11) is 3.30. The predicted molar refractivity (Wildman–Crippen MR) is 95.6 cm³/mol. The van der Waals surface area contributed by atoms with E-state index in [1.54, 1.807) is 21.1 Å². The fourth-order valence-corrected chi connectivity index (χ4v) is 4.29. The molecular formula is C18H22N2O4S. The van der Waals surface area contributed by atoms with Crippen molar-refractivity contribution in [2.45, 2.75) is 38.2 Å². The van der Waals surface area contributed by atoms with Gasteiger partial charge in [-0.3, -0.25) is 4.79 Å². The van der Waals surface area contributed by atoms with Crippen molar-refractivity contribution in [3.8, 4) is 11.6 Å². The summed E-state index contributed by atoms with van der Waals surface area (Å²) in [5.41, 5.74) is 3.73. The van der Waals surface area contributed by atoms with Crippen molar-refractivity contribution in [1.29, 1.82) is 0 Å². The summed E-state index contributed by atoms with van der Waals surface area (Å²) in [6.45, 7) is 6.29. The summed E-state index contributed by atoms with van der Waals surface area (Å²) in [5, 5.41) is 14.0. The topological polar surface area (TPSA) is 73.6 Å². The lowest BCUT2D eigenvalue weighted by molar-refractivity contribution is 0.0624. The molecule has 0 radical (unpaired) electrons. The Labute approximate surface area is 151 Å². The van der Waals surface area contributed by atoms with Crippen LogP contribution in [0.15, 0.2) is 11.0 Å². The van der Waals surface area contributed by atoms with Crippen LogP contribution < -0.4 is 4.74 Å². The first-order chi connectivity index (χ1) is 11.8. The molecule has 1 aliphatic rings. The first-order valence-corrected chi connectivity index (χ1v) is 8.91. The van der Waals surface area contributed by atoms with Crippen LogP contribution >= 0.6 is 11.8 Å². The Morgan fingerprint density at radius 2 is 2.16 bits per heavy atom. The van der Waals surface area contributed by atoms with Gasteiger partial charge in [0.05, 0.1) is 18.4 Å². The van der Waals surface area contributed by atoms with Crippen molar-refractivity contribution in [2.75, 3.05) is 13.7 Å². The van der Waals surface area contributed by atoms with Gasteiger partial charge >= 0.3 is 0 Å². The number of aryl methyl sites for hydroxylation is 3. The van der Waals surface area contributed by atoms with Crippen molar-refractivity contribution < 1.29 is 19.4 Å². The van der Waals surface area contributed by atoms with Crippen LogP contribution in [0.4, 0.5) is 0 Å². The highest BCUT2D eigenvalue weighted by Gasteiger charge is 2.28. The molecule has 0 bridgehead atoms. The van der Waals surface area contributed by atoms with Crippen molar-refractivity contribution in [3.05, 3.63) is 34.0 Å². The summed E-state index contributed by atoms with van der Waals surface area (Å²) in [4.78, 5) is 13.6. The quantitative estimate of drug-likeness (QED) is 0.843. The fourth-order valence-electron chi connectivity index (χ4n) is 3.26. The number of benzene rings is 1. The molecule has 0 spiro atoms. The Bertz CT molecular complexity index is 844. The maximum absolute atomic E-state index is 12.7. The summed E-state index contributed by atoms with van der Waals surface area (Å²) >= 11 is 1.10. The number of carbonyl (C=O) groups excluding carboxylic acids is 1. The van der Waals surface area contributed by atoms with Crippen molar-refractivity contribution >= 4 is 16.9 Å². The van der Waals surface area contributed by atoms with Crippen LogP contribution in [-0.2, 0) is 11.8 Å². The lowest BCUT2D eigenvalue weighted by atomic mass is 9.95. The average Bonchev–Trinajstić information content (AvgIpc) is 2.83. The number of methoxy groups -OCH3 is 1. The third-order valence-corrected chi connectivity index (χ3v) is 5.59. The lowest BCUT2D eigenvalue weighted by Crippen LogP contribution is -2.18. The van der Waals surface area contributed by atoms with Gasteiger partial charge in [-0.2, -0.15) is 5.10 Å². The third kappa shape index (κ3) is 3.02. The molecule has 0 fully saturated rings. The Hall–Kier alpha value is -1.99. The van der Waals surface area contributed by atoms with E-state index in [0.717, 1.165) is 45.5 Å². The molecule has 1 N–H and O–H groups in total. The summed E-state index contributed by atoms with van der Waals surface area (Å²) in [6.07, 6.45) is 0.751. The molecular weight excluding hydrogens is 340 g/mol. The summed E-state index contributed by atoms with van der Waals surface area (Å²) in [6, 6.07) is 1.96. The zero-order valence-corrected chi connectivity index (χ0v) is 15.9. The van der Waals surface area contributed by atoms with Gasteiger partial charge in [0.25, 0.3) is 0 Å². The van der Waals surface area contributed by atoms with E-state index in [4.69, 9.17) is 9.47 Å². The van der Waals surface area contributed by atoms with Crippen molar-refractivity contribution in [2.24, 2.45) is 7.05 Å². The van der Waals surface area contributed by atoms with Gasteiger partial charge < -0.3 is 14.6 Å². The van der Waals surface area contributed by atoms with E-state index in [9.17, 15) is 9.90 Å². The molecule has 1 aromatic carbocycles. The van der Waals surface area contributed by atoms with E-state index < -0.39 is 0 Å². The molecule has 1 unspecified atom stereocenters. The molecule has 3 rings (SSSR count). The molecule has 0 saturated heterocycles. The number of hydrogen-bond acceptors (Lipinski definition) is 6. The van der Waals surface area contributed by atoms with Gasteiger partial charge in [-0.1, -0.05) is 0 Å². The number of aromatic nitrogens is 2. The Morgan fingerprint density at radius 1 is 1.44 bits per heavy atom. The van der Waals surface area contributed by atoms with E-state index in [1.165, 1.54) is 4.68 Å². The van der Waals surface area contributed by atoms with Crippen LogP contribution in [0.2, 0.25) is 0 Å². The van der Waals surface area contributed by atoms with Crippen LogP contribution in [0.25, 0.3) is 0 Å². The van der Waals surface area contributed by atoms with Crippen LogP contribution in [0.5, 0.6) is 11.6 Å². The largest absolute Gasteiger partial charge is 0.493 e. The molecule has 7 heteroatoms. The van der Waals surface area contributed by atoms with Crippen LogP contribution in [0.3, 0.4) is 0 Å². The smallest absolute Gasteiger partial charge is 0.231 e. The molecule has 6 nitrogen and oxygen atoms in total. The molecule has 1 atom stereocenters. The molecule has 1 aromatic heterocycles. The maximum atomic E-state index is 12.7. The molecule has 0 saturated carbocycles. The van der Waals surface area contributed by atoms with Crippen molar-refractivity contribution in [1.82, 2.24) is 9.78 Å². The van der Waals surface area contributed by atoms with Crippen LogP contribution in [0, 0.1) is 20.8 Å². The highest BCUT2D eigenvalue weighted by atomic mass is 32.2. The molecule has 0 amide bonds. The minimum atomic E-state index is -0.226. The predicted octanol–water partition coefficient (Wildman–Crippen LogP) is 3.45. The average molecular weight is 362 g/mol. The van der Waals surface area contributed by atoms with Gasteiger partial charge in [0.1, 0.15) is 11.3 Å². The van der Waals surface area contributed by atoms with Gasteiger partial charge in [-0.05, 0) is 49.7 Å². The van der Waals surface area contributed by atoms with E-state index in [0.29, 0.717) is 12.3 Å². The van der Waals surface area contributed by atoms with E-state index in [-0.39, 0.29) is 22.7 Å². The number of thioether (sulfide) groups is 1. The monoisotopic (exact) mass is 362 g/mol. The van der Waals surface area contributed by atoms with Crippen molar-refractivity contribution in [3.63, 3.8) is 0 Å². The number of fused-ring (bicyclic) bond motifs is 1. The molecule has 1 aliphatic heterocycles. The third-order valence-electron chi connectivity index (χ3n) is 4.56. The maximum Gasteiger partial charge on any atom is 0.231 e. The minimum absolute atomic E-state index is 0.0355. The standard InChI is InChI=1S/C18H22N2O4S/c1-9-8-13(10(2)14-12(23-5)6-7-24-16(9)14)25-18(22)15-11(3)19-20(4)17(15)21/h8,12,21H,6-7H2,1-5H3. The second-order valence-corrected chi connectivity index (χ2v) is 7.23. The van der Waals surface area contributed by atoms with E-state index in [1.807, 2.05) is 19.9 Å². The Morgan fingerprint density at radius 3 is 2.76 bits per heavy atom. The second kappa shape index (κ2) is 6.72. The first kappa shape index (κ1) is 17.8. The summed E-state index contributed by atoms with van der Waals surface area (Å²) in [5.74, 6) is 0.744. The zero-order valence-electron chi connectivity index (χ0n) is 15.0. The van der Waals surface area contributed by atoms with E-state index in [2.05, 4.69) is 5.10 Å². The minimum Gasteiger partial charge on any atom is -0.493 e. The van der Waals surface area contributed by atoms with E-state index >= 15 is 0 Å². The van der Waals surface area contributed by atoms with Crippen LogP contribution in [-0.4, -0.2) is 33.7 Å². The zero-order chi connectivity index (χ0) is 18.3. The molecule has 2 aromatic rings. The highest BCUT2D eigenvalue weighted by Crippen LogP contribution is 2.43. The Balaban J connectivity index is 2.01. The number of aromatic hydroxyl groups is 1. The number of carbonyl (C=O) groups is 1. The fraction of sp³-hybridized carbons (Fsp3) is 0.444. The summed E-state index contributed by atoms with van der Waals surface area (Å²) < 4.78 is 12.7. The normalized spacial score (nSPS) is 16.4. The SMILES string of the molecule is COC1CCOc2c(C)cc(SC(=O)c3c(C)nn(C)c3O)c(C)c21. The Kier molecular flexibility index (Phi) is 4.79. The molecule has 134 valence electrons. The first-order valence-electron chi connectivity index (χ1n) is 8.09. The molecule has 25 heavy (non-hydrogen) atoms. The van der Waals surface area contributed by atoms with Crippen LogP contribution in [0.1, 0.15) is 45.3 Å².